The van der Waals surface area contributed by atoms with Crippen molar-refractivity contribution in [3.8, 4) is 0 Å². The molecule has 7 heteroatoms. The molecule has 2 aromatic rings. The number of halogens is 1. The molecule has 1 aliphatic heterocycles. The molecule has 0 aliphatic carbocycles. The predicted molar refractivity (Wildman–Crippen MR) is 105 cm³/mol. The Morgan fingerprint density at radius 1 is 1.15 bits per heavy atom. The lowest BCUT2D eigenvalue weighted by atomic mass is 10.2. The van der Waals surface area contributed by atoms with Gasteiger partial charge in [0.25, 0.3) is 0 Å². The quantitative estimate of drug-likeness (QED) is 0.729. The molecule has 0 bridgehead atoms. The molecule has 26 heavy (non-hydrogen) atoms. The molecular weight excluding hydrogens is 352 g/mol. The van der Waals surface area contributed by atoms with Crippen molar-refractivity contribution in [2.24, 2.45) is 0 Å². The fourth-order valence-corrected chi connectivity index (χ4v) is 3.09. The molecule has 1 heterocycles. The zero-order chi connectivity index (χ0) is 18.4. The fraction of sp³-hybridized carbons (Fsp3) is 0.263. The van der Waals surface area contributed by atoms with Crippen LogP contribution < -0.4 is 20.9 Å². The summed E-state index contributed by atoms with van der Waals surface area (Å²) in [6.07, 6.45) is 0.348. The topological polar surface area (TPSA) is 73.5 Å². The van der Waals surface area contributed by atoms with Crippen LogP contribution >= 0.6 is 11.6 Å². The monoisotopic (exact) mass is 372 g/mol. The van der Waals surface area contributed by atoms with Crippen LogP contribution in [0.1, 0.15) is 6.42 Å². The maximum absolute atomic E-state index is 12.1. The van der Waals surface area contributed by atoms with E-state index in [9.17, 15) is 9.59 Å². The van der Waals surface area contributed by atoms with Crippen LogP contribution in [0.4, 0.5) is 17.1 Å². The van der Waals surface area contributed by atoms with E-state index < -0.39 is 0 Å². The normalized spacial score (nSPS) is 13.9. The number of hydrogen-bond acceptors (Lipinski definition) is 4. The van der Waals surface area contributed by atoms with Gasteiger partial charge in [-0.25, -0.2) is 0 Å². The Labute approximate surface area is 157 Å². The molecule has 1 fully saturated rings. The Hall–Kier alpha value is -2.73. The molecule has 0 spiro atoms. The van der Waals surface area contributed by atoms with Crippen molar-refractivity contribution in [1.82, 2.24) is 5.32 Å². The largest absolute Gasteiger partial charge is 0.385 e. The van der Waals surface area contributed by atoms with E-state index in [0.717, 1.165) is 11.4 Å². The molecule has 0 aromatic heterocycles. The average Bonchev–Trinajstić information content (AvgIpc) is 2.63. The van der Waals surface area contributed by atoms with E-state index in [4.69, 9.17) is 11.6 Å². The van der Waals surface area contributed by atoms with Crippen molar-refractivity contribution in [1.29, 1.82) is 0 Å². The highest BCUT2D eigenvalue weighted by molar-refractivity contribution is 6.33. The summed E-state index contributed by atoms with van der Waals surface area (Å²) in [6.45, 7) is 2.14. The van der Waals surface area contributed by atoms with Gasteiger partial charge >= 0.3 is 0 Å². The van der Waals surface area contributed by atoms with Crippen LogP contribution in [0.25, 0.3) is 0 Å². The highest BCUT2D eigenvalue weighted by Crippen LogP contribution is 2.29. The van der Waals surface area contributed by atoms with E-state index in [1.54, 1.807) is 12.1 Å². The molecule has 1 aliphatic rings. The van der Waals surface area contributed by atoms with Crippen molar-refractivity contribution in [3.05, 3.63) is 53.6 Å². The molecule has 0 saturated carbocycles. The Kier molecular flexibility index (Phi) is 5.96. The second-order valence-corrected chi connectivity index (χ2v) is 6.44. The molecule has 3 N–H and O–H groups in total. The maximum atomic E-state index is 12.1. The molecule has 136 valence electrons. The lowest BCUT2D eigenvalue weighted by Crippen LogP contribution is -2.47. The minimum atomic E-state index is -0.0883. The second kappa shape index (κ2) is 8.58. The number of rotatable bonds is 6. The lowest BCUT2D eigenvalue weighted by Gasteiger charge is -2.29. The van der Waals surface area contributed by atoms with E-state index in [1.807, 2.05) is 41.3 Å². The standard InChI is InChI=1S/C19H21ClN4O2/c20-16-12-15(6-7-17(16)24-11-10-22-19(26)13-24)23-18(25)8-9-21-14-4-2-1-3-5-14/h1-7,12,21H,8-11,13H2,(H,22,26)(H,23,25). The van der Waals surface area contributed by atoms with Crippen molar-refractivity contribution in [2.45, 2.75) is 6.42 Å². The molecule has 3 rings (SSSR count). The first-order valence-corrected chi connectivity index (χ1v) is 8.89. The van der Waals surface area contributed by atoms with Crippen LogP contribution in [0.2, 0.25) is 5.02 Å². The van der Waals surface area contributed by atoms with E-state index in [0.29, 0.717) is 36.8 Å². The van der Waals surface area contributed by atoms with Crippen LogP contribution in [0.5, 0.6) is 0 Å². The van der Waals surface area contributed by atoms with Gasteiger partial charge in [0, 0.05) is 37.4 Å². The molecule has 0 atom stereocenters. The number of hydrogen-bond donors (Lipinski definition) is 3. The Bertz CT molecular complexity index is 782. The SMILES string of the molecule is O=C1CN(c2ccc(NC(=O)CCNc3ccccc3)cc2Cl)CCN1. The first-order chi connectivity index (χ1) is 12.6. The number of nitrogens with one attached hydrogen (secondary N) is 3. The van der Waals surface area contributed by atoms with E-state index in [2.05, 4.69) is 16.0 Å². The number of amides is 2. The summed E-state index contributed by atoms with van der Waals surface area (Å²) < 4.78 is 0. The molecule has 2 aromatic carbocycles. The molecule has 0 unspecified atom stereocenters. The van der Waals surface area contributed by atoms with Crippen LogP contribution in [0.3, 0.4) is 0 Å². The van der Waals surface area contributed by atoms with Gasteiger partial charge in [-0.2, -0.15) is 0 Å². The number of carbonyl (C=O) groups excluding carboxylic acids is 2. The average molecular weight is 373 g/mol. The number of piperazine rings is 1. The molecule has 2 amide bonds. The van der Waals surface area contributed by atoms with Crippen LogP contribution in [-0.4, -0.2) is 38.0 Å². The van der Waals surface area contributed by atoms with Gasteiger partial charge in [-0.05, 0) is 30.3 Å². The summed E-state index contributed by atoms with van der Waals surface area (Å²) in [5.41, 5.74) is 2.42. The van der Waals surface area contributed by atoms with E-state index >= 15 is 0 Å². The molecular formula is C19H21ClN4O2. The van der Waals surface area contributed by atoms with Gasteiger partial charge in [-0.15, -0.1) is 0 Å². The lowest BCUT2D eigenvalue weighted by molar-refractivity contribution is -0.120. The fourth-order valence-electron chi connectivity index (χ4n) is 2.79. The summed E-state index contributed by atoms with van der Waals surface area (Å²) in [6, 6.07) is 15.1. The van der Waals surface area contributed by atoms with E-state index in [-0.39, 0.29) is 18.4 Å². The number of benzene rings is 2. The van der Waals surface area contributed by atoms with Crippen LogP contribution in [0.15, 0.2) is 48.5 Å². The molecule has 1 saturated heterocycles. The summed E-state index contributed by atoms with van der Waals surface area (Å²) in [5.74, 6) is -0.106. The van der Waals surface area contributed by atoms with Crippen molar-refractivity contribution >= 4 is 40.5 Å². The van der Waals surface area contributed by atoms with Crippen LogP contribution in [-0.2, 0) is 9.59 Å². The summed E-state index contributed by atoms with van der Waals surface area (Å²) in [4.78, 5) is 25.5. The first-order valence-electron chi connectivity index (χ1n) is 8.52. The summed E-state index contributed by atoms with van der Waals surface area (Å²) >= 11 is 6.34. The minimum absolute atomic E-state index is 0.0180. The van der Waals surface area contributed by atoms with Gasteiger partial charge in [0.1, 0.15) is 0 Å². The molecule has 6 nitrogen and oxygen atoms in total. The third-order valence-electron chi connectivity index (χ3n) is 4.07. The van der Waals surface area contributed by atoms with Gasteiger partial charge in [-0.1, -0.05) is 29.8 Å². The first kappa shape index (κ1) is 18.1. The smallest absolute Gasteiger partial charge is 0.239 e. The Morgan fingerprint density at radius 2 is 1.96 bits per heavy atom. The summed E-state index contributed by atoms with van der Waals surface area (Å²) in [5, 5.41) is 9.34. The Balaban J connectivity index is 1.52. The number of nitrogens with zero attached hydrogens (tertiary/aromatic N) is 1. The number of para-hydroxylation sites is 1. The van der Waals surface area contributed by atoms with Gasteiger partial charge in [0.05, 0.1) is 17.3 Å². The number of anilines is 3. The van der Waals surface area contributed by atoms with Gasteiger partial charge in [-0.3, -0.25) is 9.59 Å². The summed E-state index contributed by atoms with van der Waals surface area (Å²) in [7, 11) is 0. The predicted octanol–water partition coefficient (Wildman–Crippen LogP) is 2.72. The van der Waals surface area contributed by atoms with Crippen molar-refractivity contribution < 1.29 is 9.59 Å². The third kappa shape index (κ3) is 4.89. The van der Waals surface area contributed by atoms with Crippen LogP contribution in [0, 0.1) is 0 Å². The Morgan fingerprint density at radius 3 is 2.69 bits per heavy atom. The van der Waals surface area contributed by atoms with Gasteiger partial charge < -0.3 is 20.9 Å². The minimum Gasteiger partial charge on any atom is -0.385 e. The highest BCUT2D eigenvalue weighted by Gasteiger charge is 2.18. The zero-order valence-corrected chi connectivity index (χ0v) is 15.1. The molecule has 0 radical (unpaired) electrons. The second-order valence-electron chi connectivity index (χ2n) is 6.03. The van der Waals surface area contributed by atoms with Crippen molar-refractivity contribution in [2.75, 3.05) is 41.7 Å². The number of carbonyl (C=O) groups is 2. The van der Waals surface area contributed by atoms with Gasteiger partial charge in [0.2, 0.25) is 11.8 Å². The maximum Gasteiger partial charge on any atom is 0.239 e. The highest BCUT2D eigenvalue weighted by atomic mass is 35.5. The zero-order valence-electron chi connectivity index (χ0n) is 14.3. The van der Waals surface area contributed by atoms with Gasteiger partial charge in [0.15, 0.2) is 0 Å². The van der Waals surface area contributed by atoms with E-state index in [1.165, 1.54) is 0 Å². The van der Waals surface area contributed by atoms with Crippen molar-refractivity contribution in [3.63, 3.8) is 0 Å². The third-order valence-corrected chi connectivity index (χ3v) is 4.37.